The summed E-state index contributed by atoms with van der Waals surface area (Å²) in [6, 6.07) is -4.99. The van der Waals surface area contributed by atoms with Crippen LogP contribution in [0.25, 0.3) is 0 Å². The molecule has 0 bridgehead atoms. The summed E-state index contributed by atoms with van der Waals surface area (Å²) in [5, 5.41) is 4.15. The van der Waals surface area contributed by atoms with E-state index in [1.54, 1.807) is 0 Å². The molecule has 1 N–H and O–H groups in total. The fraction of sp³-hybridized carbons (Fsp3) is 0.800. The molecule has 0 heterocycles. The van der Waals surface area contributed by atoms with Crippen molar-refractivity contribution in [3.63, 3.8) is 0 Å². The predicted molar refractivity (Wildman–Crippen MR) is 32.1 cm³/mol. The van der Waals surface area contributed by atoms with Gasteiger partial charge in [0.05, 0.1) is 0 Å². The minimum atomic E-state index is -3.80. The molecule has 0 unspecified atom stereocenters. The highest BCUT2D eigenvalue weighted by atomic mass is 19.3. The Bertz CT molecular complexity index is 140. The molecule has 0 spiro atoms. The van der Waals surface area contributed by atoms with Crippen molar-refractivity contribution in [2.45, 2.75) is 13.0 Å². The molecule has 0 aliphatic rings. The normalized spacial score (nSPS) is 10.9. The van der Waals surface area contributed by atoms with Crippen LogP contribution >= 0.6 is 0 Å². The van der Waals surface area contributed by atoms with Crippen molar-refractivity contribution < 1.29 is 18.0 Å². The zero-order valence-electron chi connectivity index (χ0n) is 5.90. The number of urea groups is 1. The molecule has 0 fully saturated rings. The lowest BCUT2D eigenvalue weighted by molar-refractivity contribution is -0.0428. The van der Waals surface area contributed by atoms with Gasteiger partial charge in [0.25, 0.3) is 0 Å². The molecule has 11 heavy (non-hydrogen) atoms. The van der Waals surface area contributed by atoms with Crippen molar-refractivity contribution in [1.29, 1.82) is 0 Å². The number of hydrogen-bond acceptors (Lipinski definition) is 1. The first-order valence-corrected chi connectivity index (χ1v) is 2.95. The lowest BCUT2D eigenvalue weighted by Crippen LogP contribution is -2.45. The molecule has 65 valence electrons. The minimum absolute atomic E-state index is 0.0915. The van der Waals surface area contributed by atoms with E-state index in [9.17, 15) is 18.0 Å². The maximum Gasteiger partial charge on any atom is 0.355 e. The lowest BCUT2D eigenvalue weighted by Gasteiger charge is -2.12. The summed E-state index contributed by atoms with van der Waals surface area (Å²) in [5.41, 5.74) is 0. The molecule has 1 radical (unpaired) electrons. The second kappa shape index (κ2) is 4.05. The van der Waals surface area contributed by atoms with Gasteiger partial charge in [-0.2, -0.15) is 8.78 Å². The Hall–Kier alpha value is -0.940. The second-order valence-corrected chi connectivity index (χ2v) is 1.74. The van der Waals surface area contributed by atoms with Gasteiger partial charge in [-0.3, -0.25) is 5.32 Å². The van der Waals surface area contributed by atoms with Gasteiger partial charge in [-0.15, -0.1) is 0 Å². The Morgan fingerprint density at radius 2 is 2.18 bits per heavy atom. The van der Waals surface area contributed by atoms with Gasteiger partial charge in [-0.05, 0) is 6.92 Å². The molecule has 0 atom stereocenters. The van der Waals surface area contributed by atoms with Crippen LogP contribution in [0, 0.1) is 0 Å². The van der Waals surface area contributed by atoms with Gasteiger partial charge in [0, 0.05) is 6.54 Å². The highest BCUT2D eigenvalue weighted by Gasteiger charge is 2.30. The number of alkyl halides is 3. The topological polar surface area (TPSA) is 43.2 Å². The number of nitrogens with zero attached hydrogens (tertiary/aromatic N) is 1. The third-order valence-corrected chi connectivity index (χ3v) is 0.759. The largest absolute Gasteiger partial charge is 0.355 e. The molecular formula is C5H8F3N2O. The van der Waals surface area contributed by atoms with Crippen LogP contribution in [0.2, 0.25) is 0 Å². The average Bonchev–Trinajstić information content (AvgIpc) is 1.87. The van der Waals surface area contributed by atoms with Gasteiger partial charge in [0.2, 0.25) is 0 Å². The molecule has 0 aromatic rings. The van der Waals surface area contributed by atoms with Gasteiger partial charge in [0.15, 0.2) is 6.67 Å². The number of halogens is 3. The van der Waals surface area contributed by atoms with E-state index in [2.05, 4.69) is 5.32 Å². The summed E-state index contributed by atoms with van der Waals surface area (Å²) in [6.07, 6.45) is 0. The Morgan fingerprint density at radius 1 is 1.64 bits per heavy atom. The number of nitrogens with one attached hydrogen (secondary N) is 1. The summed E-state index contributed by atoms with van der Waals surface area (Å²) in [7, 11) is 0. The number of carbonyl (C=O) groups is 1. The standard InChI is InChI=1S/C5H8F3N2O/c1-2-9-4(11)10-5(7,8)3-6/h2-3H2,1H3,(H,10,11). The molecule has 0 rings (SSSR count). The van der Waals surface area contributed by atoms with Crippen molar-refractivity contribution in [2.24, 2.45) is 0 Å². The first kappa shape index (κ1) is 10.1. The van der Waals surface area contributed by atoms with Crippen LogP contribution in [0.4, 0.5) is 18.0 Å². The summed E-state index contributed by atoms with van der Waals surface area (Å²) in [4.78, 5) is 10.3. The molecule has 3 nitrogen and oxygen atoms in total. The van der Waals surface area contributed by atoms with Gasteiger partial charge in [-0.25, -0.2) is 14.5 Å². The SMILES string of the molecule is CC[N]C(=O)NC(F)(F)CF. The predicted octanol–water partition coefficient (Wildman–Crippen LogP) is 0.883. The molecule has 0 saturated heterocycles. The maximum atomic E-state index is 12.0. The van der Waals surface area contributed by atoms with E-state index in [-0.39, 0.29) is 6.54 Å². The molecule has 0 aromatic carbocycles. The van der Waals surface area contributed by atoms with Crippen molar-refractivity contribution in [1.82, 2.24) is 10.6 Å². The molecular weight excluding hydrogens is 161 g/mol. The van der Waals surface area contributed by atoms with Crippen molar-refractivity contribution >= 4 is 6.03 Å². The average molecular weight is 169 g/mol. The Labute approximate surface area is 62.0 Å². The van der Waals surface area contributed by atoms with Gasteiger partial charge < -0.3 is 0 Å². The van der Waals surface area contributed by atoms with Crippen LogP contribution in [0.3, 0.4) is 0 Å². The molecule has 2 amide bonds. The Balaban J connectivity index is 3.74. The Morgan fingerprint density at radius 3 is 2.55 bits per heavy atom. The van der Waals surface area contributed by atoms with E-state index in [4.69, 9.17) is 0 Å². The van der Waals surface area contributed by atoms with Crippen LogP contribution in [-0.2, 0) is 0 Å². The van der Waals surface area contributed by atoms with E-state index < -0.39 is 18.8 Å². The lowest BCUT2D eigenvalue weighted by atomic mass is 10.6. The third kappa shape index (κ3) is 4.46. The first-order valence-electron chi connectivity index (χ1n) is 2.95. The van der Waals surface area contributed by atoms with Crippen LogP contribution < -0.4 is 10.6 Å². The fourth-order valence-corrected chi connectivity index (χ4v) is 0.373. The summed E-state index contributed by atoms with van der Waals surface area (Å²) in [5.74, 6) is 0. The maximum absolute atomic E-state index is 12.0. The Kier molecular flexibility index (Phi) is 3.70. The van der Waals surface area contributed by atoms with Gasteiger partial charge >= 0.3 is 12.1 Å². The van der Waals surface area contributed by atoms with Crippen LogP contribution in [0.1, 0.15) is 6.92 Å². The zero-order valence-corrected chi connectivity index (χ0v) is 5.90. The van der Waals surface area contributed by atoms with Crippen LogP contribution in [-0.4, -0.2) is 25.3 Å². The van der Waals surface area contributed by atoms with Crippen LogP contribution in [0.5, 0.6) is 0 Å². The van der Waals surface area contributed by atoms with E-state index in [0.717, 1.165) is 5.32 Å². The van der Waals surface area contributed by atoms with Crippen molar-refractivity contribution in [3.05, 3.63) is 0 Å². The quantitative estimate of drug-likeness (QED) is 0.626. The van der Waals surface area contributed by atoms with Crippen molar-refractivity contribution in [2.75, 3.05) is 13.2 Å². The third-order valence-electron chi connectivity index (χ3n) is 0.759. The minimum Gasteiger partial charge on any atom is -0.275 e. The van der Waals surface area contributed by atoms with Gasteiger partial charge in [-0.1, -0.05) is 0 Å². The highest BCUT2D eigenvalue weighted by Crippen LogP contribution is 2.08. The van der Waals surface area contributed by atoms with Crippen molar-refractivity contribution in [3.8, 4) is 0 Å². The summed E-state index contributed by atoms with van der Waals surface area (Å²) >= 11 is 0. The smallest absolute Gasteiger partial charge is 0.275 e. The van der Waals surface area contributed by atoms with Gasteiger partial charge in [0.1, 0.15) is 0 Å². The molecule has 6 heteroatoms. The van der Waals surface area contributed by atoms with Crippen LogP contribution in [0.15, 0.2) is 0 Å². The highest BCUT2D eigenvalue weighted by molar-refractivity contribution is 5.73. The van der Waals surface area contributed by atoms with E-state index in [0.29, 0.717) is 0 Å². The fourth-order valence-electron chi connectivity index (χ4n) is 0.373. The first-order chi connectivity index (χ1) is 5.02. The van der Waals surface area contributed by atoms with E-state index in [1.165, 1.54) is 6.92 Å². The monoisotopic (exact) mass is 169 g/mol. The molecule has 0 aromatic heterocycles. The number of carbonyl (C=O) groups excluding carboxylic acids is 1. The molecule has 0 aliphatic carbocycles. The summed E-state index contributed by atoms with van der Waals surface area (Å²) < 4.78 is 35.3. The summed E-state index contributed by atoms with van der Waals surface area (Å²) in [6.45, 7) is -0.320. The van der Waals surface area contributed by atoms with E-state index in [1.807, 2.05) is 0 Å². The number of hydrogen-bond donors (Lipinski definition) is 1. The molecule has 0 aliphatic heterocycles. The number of amides is 2. The van der Waals surface area contributed by atoms with E-state index >= 15 is 0 Å². The zero-order chi connectivity index (χ0) is 8.91. The second-order valence-electron chi connectivity index (χ2n) is 1.74. The molecule has 0 saturated carbocycles. The number of rotatable bonds is 3.